The van der Waals surface area contributed by atoms with E-state index in [2.05, 4.69) is 10.6 Å². The number of hydrogen-bond acceptors (Lipinski definition) is 4. The lowest BCUT2D eigenvalue weighted by molar-refractivity contribution is -0.118. The summed E-state index contributed by atoms with van der Waals surface area (Å²) in [6.07, 6.45) is 1.25. The van der Waals surface area contributed by atoms with Crippen molar-refractivity contribution in [3.63, 3.8) is 0 Å². The van der Waals surface area contributed by atoms with Crippen LogP contribution < -0.4 is 10.6 Å². The van der Waals surface area contributed by atoms with Gasteiger partial charge in [-0.05, 0) is 62.4 Å². The first-order valence-electron chi connectivity index (χ1n) is 9.57. The highest BCUT2D eigenvalue weighted by Crippen LogP contribution is 2.28. The van der Waals surface area contributed by atoms with E-state index in [0.29, 0.717) is 24.1 Å². The number of aliphatic hydroxyl groups is 1. The van der Waals surface area contributed by atoms with Gasteiger partial charge in [0.05, 0.1) is 23.4 Å². The van der Waals surface area contributed by atoms with Crippen LogP contribution in [0.5, 0.6) is 0 Å². The van der Waals surface area contributed by atoms with E-state index < -0.39 is 35.6 Å². The number of Topliss-reactive ketones (excluding diaryl/α,β-unsaturated/α-hetero) is 1. The monoisotopic (exact) mass is 435 g/mol. The van der Waals surface area contributed by atoms with Gasteiger partial charge in [-0.2, -0.15) is 0 Å². The lowest BCUT2D eigenvalue weighted by Crippen LogP contribution is -2.43. The predicted molar refractivity (Wildman–Crippen MR) is 110 cm³/mol. The van der Waals surface area contributed by atoms with Gasteiger partial charge in [-0.3, -0.25) is 14.4 Å². The molecule has 1 unspecified atom stereocenters. The van der Waals surface area contributed by atoms with Crippen molar-refractivity contribution in [2.45, 2.75) is 45.3 Å². The van der Waals surface area contributed by atoms with Crippen LogP contribution >= 0.6 is 11.6 Å². The number of aryl methyl sites for hydroxylation is 1. The fourth-order valence-electron chi connectivity index (χ4n) is 3.74. The summed E-state index contributed by atoms with van der Waals surface area (Å²) in [5.74, 6) is -2.67. The Labute approximate surface area is 178 Å². The average molecular weight is 436 g/mol. The lowest BCUT2D eigenvalue weighted by Gasteiger charge is -2.16. The van der Waals surface area contributed by atoms with Gasteiger partial charge in [0.15, 0.2) is 0 Å². The Hall–Kier alpha value is -2.71. The van der Waals surface area contributed by atoms with E-state index in [9.17, 15) is 23.9 Å². The van der Waals surface area contributed by atoms with Crippen LogP contribution in [0.3, 0.4) is 0 Å². The minimum absolute atomic E-state index is 0.000819. The second kappa shape index (κ2) is 8.57. The van der Waals surface area contributed by atoms with Crippen molar-refractivity contribution in [1.29, 1.82) is 0 Å². The quantitative estimate of drug-likeness (QED) is 0.496. The highest BCUT2D eigenvalue weighted by atomic mass is 35.5. The standard InChI is InChI=1S/C21H23ClFN3O4/c1-10-9-12(7-8-13(10)23)24-20(29)16-11(2)17(26(3)19(16)22)18(28)21(30)25-14-5-4-6-15(14)27/h7-9,14-15,27H,4-6H2,1-3H3,(H,24,29)(H,25,30)/t14?,15-/m0/s1. The number of anilines is 1. The van der Waals surface area contributed by atoms with Crippen LogP contribution in [0.1, 0.15) is 51.2 Å². The Morgan fingerprint density at radius 3 is 2.53 bits per heavy atom. The number of aromatic nitrogens is 1. The molecule has 1 aromatic carbocycles. The Kier molecular flexibility index (Phi) is 6.28. The van der Waals surface area contributed by atoms with E-state index in [-0.39, 0.29) is 22.0 Å². The van der Waals surface area contributed by atoms with Crippen molar-refractivity contribution in [2.24, 2.45) is 7.05 Å². The van der Waals surface area contributed by atoms with Crippen molar-refractivity contribution in [3.8, 4) is 0 Å². The highest BCUT2D eigenvalue weighted by molar-refractivity contribution is 6.44. The molecule has 2 aromatic rings. The second-order valence-corrected chi connectivity index (χ2v) is 7.88. The molecule has 1 aromatic heterocycles. The molecule has 2 atom stereocenters. The Morgan fingerprint density at radius 1 is 1.23 bits per heavy atom. The molecule has 1 fully saturated rings. The number of hydrogen-bond donors (Lipinski definition) is 3. The van der Waals surface area contributed by atoms with Gasteiger partial charge in [-0.1, -0.05) is 11.6 Å². The Morgan fingerprint density at radius 2 is 1.93 bits per heavy atom. The summed E-state index contributed by atoms with van der Waals surface area (Å²) >= 11 is 6.30. The van der Waals surface area contributed by atoms with Crippen molar-refractivity contribution < 1.29 is 23.9 Å². The van der Waals surface area contributed by atoms with Gasteiger partial charge < -0.3 is 20.3 Å². The van der Waals surface area contributed by atoms with Crippen LogP contribution in [-0.2, 0) is 11.8 Å². The number of halogens is 2. The van der Waals surface area contributed by atoms with Crippen LogP contribution in [-0.4, -0.2) is 39.4 Å². The molecule has 1 heterocycles. The van der Waals surface area contributed by atoms with Crippen LogP contribution in [0.2, 0.25) is 5.15 Å². The number of carbonyl (C=O) groups is 3. The van der Waals surface area contributed by atoms with E-state index >= 15 is 0 Å². The summed E-state index contributed by atoms with van der Waals surface area (Å²) in [5.41, 5.74) is 1.04. The number of benzene rings is 1. The molecule has 160 valence electrons. The molecule has 1 saturated carbocycles. The molecular weight excluding hydrogens is 413 g/mol. The zero-order valence-corrected chi connectivity index (χ0v) is 17.6. The largest absolute Gasteiger partial charge is 0.391 e. The number of rotatable bonds is 5. The minimum atomic E-state index is -0.859. The molecule has 0 saturated heterocycles. The van der Waals surface area contributed by atoms with E-state index in [0.717, 1.165) is 6.42 Å². The molecule has 7 nitrogen and oxygen atoms in total. The van der Waals surface area contributed by atoms with Gasteiger partial charge in [-0.15, -0.1) is 0 Å². The third kappa shape index (κ3) is 4.11. The smallest absolute Gasteiger partial charge is 0.294 e. The van der Waals surface area contributed by atoms with Crippen molar-refractivity contribution in [1.82, 2.24) is 9.88 Å². The van der Waals surface area contributed by atoms with Gasteiger partial charge in [0.2, 0.25) is 0 Å². The van der Waals surface area contributed by atoms with Crippen LogP contribution in [0.15, 0.2) is 18.2 Å². The molecule has 0 aliphatic heterocycles. The first kappa shape index (κ1) is 22.0. The zero-order valence-electron chi connectivity index (χ0n) is 16.9. The summed E-state index contributed by atoms with van der Waals surface area (Å²) in [6.45, 7) is 3.10. The van der Waals surface area contributed by atoms with Gasteiger partial charge in [0.1, 0.15) is 11.0 Å². The highest BCUT2D eigenvalue weighted by Gasteiger charge is 2.33. The third-order valence-corrected chi connectivity index (χ3v) is 5.87. The summed E-state index contributed by atoms with van der Waals surface area (Å²) in [4.78, 5) is 38.0. The SMILES string of the molecule is Cc1cc(NC(=O)c2c(C)c(C(=O)C(=O)NC3CCC[C@@H]3O)n(C)c2Cl)ccc1F. The van der Waals surface area contributed by atoms with Crippen molar-refractivity contribution >= 4 is 34.9 Å². The van der Waals surface area contributed by atoms with Gasteiger partial charge in [0.25, 0.3) is 17.6 Å². The molecule has 1 aliphatic carbocycles. The van der Waals surface area contributed by atoms with Crippen LogP contribution in [0.25, 0.3) is 0 Å². The lowest BCUT2D eigenvalue weighted by atomic mass is 10.1. The number of amides is 2. The van der Waals surface area contributed by atoms with Crippen molar-refractivity contribution in [3.05, 3.63) is 51.6 Å². The van der Waals surface area contributed by atoms with E-state index in [1.165, 1.54) is 36.7 Å². The number of nitrogens with one attached hydrogen (secondary N) is 2. The topological polar surface area (TPSA) is 100 Å². The number of carbonyl (C=O) groups excluding carboxylic acids is 3. The van der Waals surface area contributed by atoms with E-state index in [1.54, 1.807) is 6.92 Å². The first-order chi connectivity index (χ1) is 14.1. The predicted octanol–water partition coefficient (Wildman–Crippen LogP) is 2.90. The third-order valence-electron chi connectivity index (χ3n) is 5.43. The molecule has 30 heavy (non-hydrogen) atoms. The molecule has 0 radical (unpaired) electrons. The van der Waals surface area contributed by atoms with Gasteiger partial charge >= 0.3 is 0 Å². The van der Waals surface area contributed by atoms with Gasteiger partial charge in [-0.25, -0.2) is 4.39 Å². The molecule has 9 heteroatoms. The summed E-state index contributed by atoms with van der Waals surface area (Å²) in [5, 5.41) is 15.1. The molecule has 3 rings (SSSR count). The van der Waals surface area contributed by atoms with Crippen LogP contribution in [0.4, 0.5) is 10.1 Å². The molecular formula is C21H23ClFN3O4. The summed E-state index contributed by atoms with van der Waals surface area (Å²) in [7, 11) is 1.49. The molecule has 3 N–H and O–H groups in total. The number of ketones is 1. The normalized spacial score (nSPS) is 18.3. The second-order valence-electron chi connectivity index (χ2n) is 7.52. The average Bonchev–Trinajstić information content (AvgIpc) is 3.18. The van der Waals surface area contributed by atoms with Crippen LogP contribution in [0, 0.1) is 19.7 Å². The minimum Gasteiger partial charge on any atom is -0.391 e. The molecule has 1 aliphatic rings. The fourth-order valence-corrected chi connectivity index (χ4v) is 4.06. The van der Waals surface area contributed by atoms with Crippen molar-refractivity contribution in [2.75, 3.05) is 5.32 Å². The molecule has 0 spiro atoms. The summed E-state index contributed by atoms with van der Waals surface area (Å²) in [6, 6.07) is 3.66. The number of aliphatic hydroxyl groups excluding tert-OH is 1. The zero-order chi connectivity index (χ0) is 22.2. The Balaban J connectivity index is 1.85. The first-order valence-corrected chi connectivity index (χ1v) is 9.95. The maximum Gasteiger partial charge on any atom is 0.294 e. The molecule has 0 bridgehead atoms. The Bertz CT molecular complexity index is 1030. The fraction of sp³-hybridized carbons (Fsp3) is 0.381. The van der Waals surface area contributed by atoms with Gasteiger partial charge in [0, 0.05) is 12.7 Å². The maximum atomic E-state index is 13.4. The molecule has 2 amide bonds. The van der Waals surface area contributed by atoms with E-state index in [1.807, 2.05) is 0 Å². The summed E-state index contributed by atoms with van der Waals surface area (Å²) < 4.78 is 14.7. The van der Waals surface area contributed by atoms with E-state index in [4.69, 9.17) is 11.6 Å². The maximum absolute atomic E-state index is 13.4. The number of nitrogens with zero attached hydrogens (tertiary/aromatic N) is 1.